The van der Waals surface area contributed by atoms with Gasteiger partial charge in [-0.05, 0) is 62.6 Å². The van der Waals surface area contributed by atoms with E-state index in [-0.39, 0.29) is 24.7 Å². The van der Waals surface area contributed by atoms with Gasteiger partial charge in [-0.1, -0.05) is 6.07 Å². The van der Waals surface area contributed by atoms with Gasteiger partial charge in [-0.3, -0.25) is 4.79 Å². The van der Waals surface area contributed by atoms with Crippen LogP contribution in [0.5, 0.6) is 11.5 Å². The molecule has 1 atom stereocenters. The van der Waals surface area contributed by atoms with Crippen LogP contribution in [0.2, 0.25) is 0 Å². The lowest BCUT2D eigenvalue weighted by molar-refractivity contribution is -0.125. The lowest BCUT2D eigenvalue weighted by Crippen LogP contribution is -2.60. The zero-order valence-electron chi connectivity index (χ0n) is 18.9. The number of nitrogens with two attached hydrogens (primary N) is 1. The molecule has 4 rings (SSSR count). The van der Waals surface area contributed by atoms with Crippen molar-refractivity contribution in [2.45, 2.75) is 37.8 Å². The Balaban J connectivity index is 1.42. The van der Waals surface area contributed by atoms with Crippen LogP contribution in [0.3, 0.4) is 0 Å². The summed E-state index contributed by atoms with van der Waals surface area (Å²) in [5.41, 5.74) is 7.67. The average Bonchev–Trinajstić information content (AvgIpc) is 3.19. The van der Waals surface area contributed by atoms with Crippen molar-refractivity contribution < 1.29 is 19.0 Å². The Labute approximate surface area is 191 Å². The van der Waals surface area contributed by atoms with Gasteiger partial charge in [0, 0.05) is 25.5 Å². The summed E-state index contributed by atoms with van der Waals surface area (Å²) in [6.45, 7) is 3.36. The Kier molecular flexibility index (Phi) is 6.64. The summed E-state index contributed by atoms with van der Waals surface area (Å²) in [5, 5.41) is 13.6. The van der Waals surface area contributed by atoms with Crippen molar-refractivity contribution in [3.05, 3.63) is 53.6 Å². The van der Waals surface area contributed by atoms with Crippen LogP contribution >= 0.6 is 0 Å². The summed E-state index contributed by atoms with van der Waals surface area (Å²) in [4.78, 5) is 22.2. The normalized spacial score (nSPS) is 17.1. The number of aliphatic hydroxyl groups is 1. The molecule has 1 aliphatic heterocycles. The SMILES string of the molecule is Cc1c[nH]c2nccc(Oc3ccc(CC(N)C(=O)NC4(CO)CCN(C)CC4)cc3F)c12. The van der Waals surface area contributed by atoms with Gasteiger partial charge in [0.15, 0.2) is 11.6 Å². The number of fused-ring (bicyclic) bond motifs is 1. The highest BCUT2D eigenvalue weighted by Crippen LogP contribution is 2.32. The molecule has 0 spiro atoms. The topological polar surface area (TPSA) is 116 Å². The van der Waals surface area contributed by atoms with Crippen molar-refractivity contribution in [3.8, 4) is 11.5 Å². The number of likely N-dealkylation sites (tertiary alicyclic amines) is 1. The van der Waals surface area contributed by atoms with E-state index in [0.717, 1.165) is 24.0 Å². The molecule has 0 saturated carbocycles. The zero-order valence-corrected chi connectivity index (χ0v) is 18.9. The van der Waals surface area contributed by atoms with E-state index in [1.807, 2.05) is 20.2 Å². The molecule has 3 aromatic rings. The quantitative estimate of drug-likeness (QED) is 0.434. The Bertz CT molecular complexity index is 1140. The van der Waals surface area contributed by atoms with Crippen LogP contribution in [-0.2, 0) is 11.2 Å². The molecule has 176 valence electrons. The van der Waals surface area contributed by atoms with Crippen LogP contribution in [0.25, 0.3) is 11.0 Å². The predicted molar refractivity (Wildman–Crippen MR) is 124 cm³/mol. The van der Waals surface area contributed by atoms with E-state index >= 15 is 0 Å². The minimum atomic E-state index is -0.860. The number of benzene rings is 1. The summed E-state index contributed by atoms with van der Waals surface area (Å²) in [5.74, 6) is -0.304. The lowest BCUT2D eigenvalue weighted by Gasteiger charge is -2.40. The second kappa shape index (κ2) is 9.46. The fraction of sp³-hybridized carbons (Fsp3) is 0.417. The van der Waals surface area contributed by atoms with E-state index in [1.54, 1.807) is 18.3 Å². The van der Waals surface area contributed by atoms with Gasteiger partial charge in [-0.2, -0.15) is 0 Å². The van der Waals surface area contributed by atoms with Crippen LogP contribution in [0.4, 0.5) is 4.39 Å². The number of rotatable bonds is 7. The summed E-state index contributed by atoms with van der Waals surface area (Å²) < 4.78 is 20.6. The third-order valence-electron chi connectivity index (χ3n) is 6.38. The molecule has 3 heterocycles. The van der Waals surface area contributed by atoms with Gasteiger partial charge in [0.2, 0.25) is 5.91 Å². The second-order valence-electron chi connectivity index (χ2n) is 8.91. The minimum absolute atomic E-state index is 0.0791. The number of amides is 1. The molecule has 1 aliphatic rings. The standard InChI is InChI=1S/C24H30FN5O3/c1-15-13-28-22-21(15)20(5-8-27-22)33-19-4-3-16(11-17(19)25)12-18(26)23(32)29-24(14-31)6-9-30(2)10-7-24/h3-5,8,11,13,18,31H,6-7,9-10,12,14,26H2,1-2H3,(H,27,28)(H,29,32). The fourth-order valence-electron chi connectivity index (χ4n) is 4.21. The van der Waals surface area contributed by atoms with Gasteiger partial charge < -0.3 is 30.8 Å². The van der Waals surface area contributed by atoms with E-state index in [4.69, 9.17) is 10.5 Å². The van der Waals surface area contributed by atoms with Gasteiger partial charge in [0.25, 0.3) is 0 Å². The molecule has 2 aromatic heterocycles. The number of halogens is 1. The highest BCUT2D eigenvalue weighted by Gasteiger charge is 2.35. The highest BCUT2D eigenvalue weighted by molar-refractivity contribution is 5.86. The van der Waals surface area contributed by atoms with Crippen LogP contribution in [0, 0.1) is 12.7 Å². The van der Waals surface area contributed by atoms with E-state index in [9.17, 15) is 14.3 Å². The molecule has 9 heteroatoms. The van der Waals surface area contributed by atoms with Crippen LogP contribution in [0.1, 0.15) is 24.0 Å². The molecule has 1 unspecified atom stereocenters. The van der Waals surface area contributed by atoms with Crippen molar-refractivity contribution in [2.24, 2.45) is 5.73 Å². The molecule has 0 bridgehead atoms. The van der Waals surface area contributed by atoms with E-state index in [1.165, 1.54) is 12.1 Å². The third-order valence-corrected chi connectivity index (χ3v) is 6.38. The van der Waals surface area contributed by atoms with Crippen molar-refractivity contribution >= 4 is 16.9 Å². The number of hydrogen-bond donors (Lipinski definition) is 4. The maximum Gasteiger partial charge on any atom is 0.237 e. The highest BCUT2D eigenvalue weighted by atomic mass is 19.1. The van der Waals surface area contributed by atoms with Crippen LogP contribution in [-0.4, -0.2) is 64.2 Å². The largest absolute Gasteiger partial charge is 0.453 e. The van der Waals surface area contributed by atoms with Crippen molar-refractivity contribution in [3.63, 3.8) is 0 Å². The predicted octanol–water partition coefficient (Wildman–Crippen LogP) is 2.25. The number of nitrogens with one attached hydrogen (secondary N) is 2. The molecule has 1 aromatic carbocycles. The second-order valence-corrected chi connectivity index (χ2v) is 8.91. The number of aryl methyl sites for hydroxylation is 1. The van der Waals surface area contributed by atoms with Gasteiger partial charge >= 0.3 is 0 Å². The molecule has 1 saturated heterocycles. The summed E-state index contributed by atoms with van der Waals surface area (Å²) in [7, 11) is 2.01. The molecule has 33 heavy (non-hydrogen) atoms. The van der Waals surface area contributed by atoms with Gasteiger partial charge in [0.05, 0.1) is 23.6 Å². The number of aliphatic hydroxyl groups excluding tert-OH is 1. The van der Waals surface area contributed by atoms with Crippen molar-refractivity contribution in [1.82, 2.24) is 20.2 Å². The monoisotopic (exact) mass is 455 g/mol. The van der Waals surface area contributed by atoms with Crippen LogP contribution in [0.15, 0.2) is 36.7 Å². The Morgan fingerprint density at radius 1 is 1.36 bits per heavy atom. The molecule has 1 fully saturated rings. The Morgan fingerprint density at radius 2 is 2.12 bits per heavy atom. The van der Waals surface area contributed by atoms with Crippen molar-refractivity contribution in [2.75, 3.05) is 26.7 Å². The number of carbonyl (C=O) groups is 1. The number of aromatic amines is 1. The number of piperidine rings is 1. The minimum Gasteiger partial charge on any atom is -0.453 e. The molecule has 0 radical (unpaired) electrons. The number of ether oxygens (including phenoxy) is 1. The molecular formula is C24H30FN5O3. The molecule has 5 N–H and O–H groups in total. The number of pyridine rings is 1. The number of carbonyl (C=O) groups excluding carboxylic acids is 1. The number of aromatic nitrogens is 2. The smallest absolute Gasteiger partial charge is 0.237 e. The maximum atomic E-state index is 14.8. The maximum absolute atomic E-state index is 14.8. The number of nitrogens with zero attached hydrogens (tertiary/aromatic N) is 2. The van der Waals surface area contributed by atoms with Gasteiger partial charge in [-0.15, -0.1) is 0 Å². The molecule has 1 amide bonds. The average molecular weight is 456 g/mol. The molecule has 8 nitrogen and oxygen atoms in total. The van der Waals surface area contributed by atoms with E-state index in [2.05, 4.69) is 20.2 Å². The first-order valence-corrected chi connectivity index (χ1v) is 11.1. The first-order chi connectivity index (χ1) is 15.8. The third kappa shape index (κ3) is 5.00. The van der Waals surface area contributed by atoms with Gasteiger partial charge in [-0.25, -0.2) is 9.37 Å². The van der Waals surface area contributed by atoms with E-state index < -0.39 is 17.4 Å². The van der Waals surface area contributed by atoms with Crippen molar-refractivity contribution in [1.29, 1.82) is 0 Å². The summed E-state index contributed by atoms with van der Waals surface area (Å²) in [6, 6.07) is 5.40. The Hall–Kier alpha value is -3.01. The first-order valence-electron chi connectivity index (χ1n) is 11.1. The summed E-state index contributed by atoms with van der Waals surface area (Å²) >= 11 is 0. The van der Waals surface area contributed by atoms with E-state index in [0.29, 0.717) is 29.8 Å². The number of hydrogen-bond acceptors (Lipinski definition) is 6. The van der Waals surface area contributed by atoms with Gasteiger partial charge in [0.1, 0.15) is 11.4 Å². The van der Waals surface area contributed by atoms with Crippen LogP contribution < -0.4 is 15.8 Å². The Morgan fingerprint density at radius 3 is 2.82 bits per heavy atom. The number of H-pyrrole nitrogens is 1. The first kappa shape index (κ1) is 23.2. The fourth-order valence-corrected chi connectivity index (χ4v) is 4.21. The lowest BCUT2D eigenvalue weighted by atomic mass is 9.88. The summed E-state index contributed by atoms with van der Waals surface area (Å²) in [6.07, 6.45) is 4.90. The molecular weight excluding hydrogens is 425 g/mol. The molecule has 0 aliphatic carbocycles. The zero-order chi connectivity index (χ0) is 23.6.